The molecule has 122 valence electrons. The highest BCUT2D eigenvalue weighted by atomic mass is 35.5. The number of ether oxygens (including phenoxy) is 1. The van der Waals surface area contributed by atoms with Crippen molar-refractivity contribution in [1.29, 1.82) is 0 Å². The lowest BCUT2D eigenvalue weighted by Crippen LogP contribution is -2.44. The summed E-state index contributed by atoms with van der Waals surface area (Å²) >= 11 is 7.26. The van der Waals surface area contributed by atoms with Gasteiger partial charge in [0.2, 0.25) is 5.91 Å². The summed E-state index contributed by atoms with van der Waals surface area (Å²) in [5.41, 5.74) is 1.49. The van der Waals surface area contributed by atoms with Gasteiger partial charge in [0.15, 0.2) is 6.04 Å². The Bertz CT molecular complexity index is 687. The number of benzene rings is 1. The Hall–Kier alpha value is -1.96. The van der Waals surface area contributed by atoms with Crippen LogP contribution in [0.15, 0.2) is 29.6 Å². The molecule has 6 nitrogen and oxygen atoms in total. The van der Waals surface area contributed by atoms with Crippen LogP contribution in [0.5, 0.6) is 0 Å². The maximum absolute atomic E-state index is 11.9. The van der Waals surface area contributed by atoms with Crippen LogP contribution < -0.4 is 5.32 Å². The van der Waals surface area contributed by atoms with Gasteiger partial charge in [0, 0.05) is 23.1 Å². The summed E-state index contributed by atoms with van der Waals surface area (Å²) < 4.78 is 4.77. The minimum absolute atomic E-state index is 0.0115. The maximum Gasteiger partial charge on any atom is 0.328 e. The predicted molar refractivity (Wildman–Crippen MR) is 87.7 cm³/mol. The minimum Gasteiger partial charge on any atom is -0.480 e. The van der Waals surface area contributed by atoms with E-state index < -0.39 is 17.9 Å². The van der Waals surface area contributed by atoms with E-state index in [-0.39, 0.29) is 13.0 Å². The number of methoxy groups -OCH3 is 1. The summed E-state index contributed by atoms with van der Waals surface area (Å²) in [4.78, 5) is 27.3. The van der Waals surface area contributed by atoms with E-state index in [0.29, 0.717) is 10.7 Å². The first kappa shape index (κ1) is 17.4. The van der Waals surface area contributed by atoms with Gasteiger partial charge in [-0.05, 0) is 12.1 Å². The van der Waals surface area contributed by atoms with Crippen LogP contribution >= 0.6 is 22.9 Å². The van der Waals surface area contributed by atoms with Crippen molar-refractivity contribution in [3.05, 3.63) is 40.4 Å². The quantitative estimate of drug-likeness (QED) is 0.796. The lowest BCUT2D eigenvalue weighted by molar-refractivity contribution is -0.143. The second kappa shape index (κ2) is 8.05. The molecule has 1 amide bonds. The molecule has 8 heteroatoms. The lowest BCUT2D eigenvalue weighted by Gasteiger charge is -2.12. The van der Waals surface area contributed by atoms with Gasteiger partial charge in [-0.2, -0.15) is 0 Å². The van der Waals surface area contributed by atoms with E-state index >= 15 is 0 Å². The average Bonchev–Trinajstić information content (AvgIpc) is 2.95. The van der Waals surface area contributed by atoms with Gasteiger partial charge in [0.1, 0.15) is 5.01 Å². The second-order valence-corrected chi connectivity index (χ2v) is 6.04. The number of aliphatic carboxylic acids is 1. The zero-order chi connectivity index (χ0) is 16.8. The molecule has 0 radical (unpaired) electrons. The SMILES string of the molecule is COCC(NC(=O)Cc1csc(-c2ccc(Cl)cc2)n1)C(=O)O. The third kappa shape index (κ3) is 5.02. The first-order valence-electron chi connectivity index (χ1n) is 6.71. The molecule has 0 saturated heterocycles. The summed E-state index contributed by atoms with van der Waals surface area (Å²) in [6.07, 6.45) is 0.0115. The normalized spacial score (nSPS) is 11.9. The highest BCUT2D eigenvalue weighted by molar-refractivity contribution is 7.13. The van der Waals surface area contributed by atoms with Gasteiger partial charge >= 0.3 is 5.97 Å². The van der Waals surface area contributed by atoms with Crippen molar-refractivity contribution in [2.75, 3.05) is 13.7 Å². The van der Waals surface area contributed by atoms with Crippen molar-refractivity contribution in [3.63, 3.8) is 0 Å². The summed E-state index contributed by atoms with van der Waals surface area (Å²) in [7, 11) is 1.38. The number of carboxylic acids is 1. The van der Waals surface area contributed by atoms with Crippen LogP contribution in [-0.2, 0) is 20.7 Å². The van der Waals surface area contributed by atoms with Gasteiger partial charge in [-0.25, -0.2) is 9.78 Å². The number of thiazole rings is 1. The number of hydrogen-bond donors (Lipinski definition) is 2. The Balaban J connectivity index is 1.99. The predicted octanol–water partition coefficient (Wildman–Crippen LogP) is 2.22. The van der Waals surface area contributed by atoms with E-state index in [9.17, 15) is 9.59 Å². The Morgan fingerprint density at radius 1 is 1.39 bits per heavy atom. The molecule has 0 aliphatic rings. The van der Waals surface area contributed by atoms with Gasteiger partial charge in [-0.3, -0.25) is 4.79 Å². The molecule has 2 aromatic rings. The molecule has 0 spiro atoms. The first-order valence-corrected chi connectivity index (χ1v) is 7.97. The van der Waals surface area contributed by atoms with E-state index in [2.05, 4.69) is 10.3 Å². The number of halogens is 1. The van der Waals surface area contributed by atoms with Crippen LogP contribution in [0.1, 0.15) is 5.69 Å². The Morgan fingerprint density at radius 2 is 2.09 bits per heavy atom. The molecular formula is C15H15ClN2O4S. The summed E-state index contributed by atoms with van der Waals surface area (Å²) in [5, 5.41) is 14.6. The number of carboxylic acid groups (broad SMARTS) is 1. The second-order valence-electron chi connectivity index (χ2n) is 4.74. The maximum atomic E-state index is 11.9. The Kier molecular flexibility index (Phi) is 6.09. The van der Waals surface area contributed by atoms with Crippen LogP contribution in [-0.4, -0.2) is 41.7 Å². The van der Waals surface area contributed by atoms with Gasteiger partial charge < -0.3 is 15.2 Å². The molecule has 2 rings (SSSR count). The number of nitrogens with one attached hydrogen (secondary N) is 1. The van der Waals surface area contributed by atoms with Gasteiger partial charge in [0.05, 0.1) is 18.7 Å². The van der Waals surface area contributed by atoms with Gasteiger partial charge in [-0.1, -0.05) is 23.7 Å². The molecular weight excluding hydrogens is 340 g/mol. The molecule has 1 aromatic heterocycles. The number of rotatable bonds is 7. The smallest absolute Gasteiger partial charge is 0.328 e. The van der Waals surface area contributed by atoms with Gasteiger partial charge in [0.25, 0.3) is 0 Å². The standard InChI is InChI=1S/C15H15ClN2O4S/c1-22-7-12(15(20)21)18-13(19)6-11-8-23-14(17-11)9-2-4-10(16)5-3-9/h2-5,8,12H,6-7H2,1H3,(H,18,19)(H,20,21). The number of aromatic nitrogens is 1. The van der Waals surface area contributed by atoms with Crippen LogP contribution in [0.3, 0.4) is 0 Å². The third-order valence-electron chi connectivity index (χ3n) is 2.95. The Labute approximate surface area is 142 Å². The lowest BCUT2D eigenvalue weighted by atomic mass is 10.2. The number of nitrogens with zero attached hydrogens (tertiary/aromatic N) is 1. The third-order valence-corrected chi connectivity index (χ3v) is 4.14. The number of carbonyl (C=O) groups excluding carboxylic acids is 1. The van der Waals surface area contributed by atoms with E-state index in [1.54, 1.807) is 17.5 Å². The zero-order valence-electron chi connectivity index (χ0n) is 12.3. The van der Waals surface area contributed by atoms with Crippen LogP contribution in [0.2, 0.25) is 5.02 Å². The van der Waals surface area contributed by atoms with Crippen molar-refractivity contribution in [2.45, 2.75) is 12.5 Å². The summed E-state index contributed by atoms with van der Waals surface area (Å²) in [6, 6.07) is 6.18. The highest BCUT2D eigenvalue weighted by Crippen LogP contribution is 2.25. The Morgan fingerprint density at radius 3 is 2.70 bits per heavy atom. The minimum atomic E-state index is -1.14. The van der Waals surface area contributed by atoms with Crippen molar-refractivity contribution in [1.82, 2.24) is 10.3 Å². The first-order chi connectivity index (χ1) is 11.0. The molecule has 0 bridgehead atoms. The molecule has 0 saturated carbocycles. The molecule has 0 aliphatic carbocycles. The zero-order valence-corrected chi connectivity index (χ0v) is 13.9. The van der Waals surface area contributed by atoms with Crippen LogP contribution in [0, 0.1) is 0 Å². The average molecular weight is 355 g/mol. The van der Waals surface area contributed by atoms with Crippen molar-refractivity contribution in [3.8, 4) is 10.6 Å². The van der Waals surface area contributed by atoms with Crippen molar-refractivity contribution < 1.29 is 19.4 Å². The van der Waals surface area contributed by atoms with E-state index in [0.717, 1.165) is 10.6 Å². The molecule has 23 heavy (non-hydrogen) atoms. The highest BCUT2D eigenvalue weighted by Gasteiger charge is 2.20. The van der Waals surface area contributed by atoms with Crippen molar-refractivity contribution in [2.24, 2.45) is 0 Å². The van der Waals surface area contributed by atoms with Gasteiger partial charge in [-0.15, -0.1) is 11.3 Å². The molecule has 1 atom stereocenters. The summed E-state index contributed by atoms with van der Waals surface area (Å²) in [5.74, 6) is -1.55. The molecule has 2 N–H and O–H groups in total. The number of amides is 1. The van der Waals surface area contributed by atoms with Crippen LogP contribution in [0.4, 0.5) is 0 Å². The summed E-state index contributed by atoms with van der Waals surface area (Å²) in [6.45, 7) is -0.0891. The monoisotopic (exact) mass is 354 g/mol. The molecule has 1 heterocycles. The van der Waals surface area contributed by atoms with E-state index in [4.69, 9.17) is 21.4 Å². The molecule has 1 aromatic carbocycles. The molecule has 1 unspecified atom stereocenters. The largest absolute Gasteiger partial charge is 0.480 e. The number of carbonyl (C=O) groups is 2. The molecule has 0 fully saturated rings. The fourth-order valence-corrected chi connectivity index (χ4v) is 2.82. The van der Waals surface area contributed by atoms with Crippen LogP contribution in [0.25, 0.3) is 10.6 Å². The fourth-order valence-electron chi connectivity index (χ4n) is 1.86. The van der Waals surface area contributed by atoms with E-state index in [1.165, 1.54) is 18.4 Å². The molecule has 0 aliphatic heterocycles. The topological polar surface area (TPSA) is 88.5 Å². The van der Waals surface area contributed by atoms with Crippen molar-refractivity contribution >= 4 is 34.8 Å². The fraction of sp³-hybridized carbons (Fsp3) is 0.267. The number of hydrogen-bond acceptors (Lipinski definition) is 5. The van der Waals surface area contributed by atoms with E-state index in [1.807, 2.05) is 12.1 Å².